The number of nitrogens with zero attached hydrogens (tertiary/aromatic N) is 5. The first kappa shape index (κ1) is 17.9. The largest absolute Gasteiger partial charge is 0.332 e. The van der Waals surface area contributed by atoms with Gasteiger partial charge in [0, 0.05) is 19.0 Å². The van der Waals surface area contributed by atoms with Crippen LogP contribution in [0.2, 0.25) is 0 Å². The van der Waals surface area contributed by atoms with Gasteiger partial charge in [0.15, 0.2) is 11.2 Å². The van der Waals surface area contributed by atoms with Gasteiger partial charge in [0.1, 0.15) is 0 Å². The van der Waals surface area contributed by atoms with Crippen LogP contribution in [0, 0.1) is 0 Å². The fourth-order valence-corrected chi connectivity index (χ4v) is 3.55. The van der Waals surface area contributed by atoms with Crippen LogP contribution in [0.4, 0.5) is 5.95 Å². The first-order valence-electron chi connectivity index (χ1n) is 8.59. The van der Waals surface area contributed by atoms with E-state index < -0.39 is 5.69 Å². The number of thiophene rings is 1. The van der Waals surface area contributed by atoms with Crippen molar-refractivity contribution < 1.29 is 0 Å². The van der Waals surface area contributed by atoms with Crippen molar-refractivity contribution in [1.29, 1.82) is 0 Å². The van der Waals surface area contributed by atoms with E-state index in [1.807, 2.05) is 47.8 Å². The molecule has 0 unspecified atom stereocenters. The minimum Gasteiger partial charge on any atom is -0.306 e. The Bertz CT molecular complexity index is 1270. The number of hydrazone groups is 1. The number of rotatable bonds is 5. The van der Waals surface area contributed by atoms with Crippen molar-refractivity contribution in [3.8, 4) is 0 Å². The Kier molecular flexibility index (Phi) is 4.66. The maximum atomic E-state index is 13.0. The van der Waals surface area contributed by atoms with Crippen molar-refractivity contribution in [2.75, 3.05) is 5.43 Å². The van der Waals surface area contributed by atoms with Crippen molar-refractivity contribution >= 4 is 34.7 Å². The van der Waals surface area contributed by atoms with Gasteiger partial charge in [-0.3, -0.25) is 13.9 Å². The summed E-state index contributed by atoms with van der Waals surface area (Å²) in [6.45, 7) is 0.201. The zero-order chi connectivity index (χ0) is 19.7. The van der Waals surface area contributed by atoms with Crippen LogP contribution >= 0.6 is 11.3 Å². The summed E-state index contributed by atoms with van der Waals surface area (Å²) in [6.07, 6.45) is 1.68. The Hall–Kier alpha value is -3.46. The van der Waals surface area contributed by atoms with E-state index in [4.69, 9.17) is 0 Å². The van der Waals surface area contributed by atoms with E-state index in [0.29, 0.717) is 17.1 Å². The molecule has 0 aliphatic carbocycles. The Morgan fingerprint density at radius 3 is 2.61 bits per heavy atom. The topological polar surface area (TPSA) is 86.2 Å². The normalized spacial score (nSPS) is 11.5. The first-order chi connectivity index (χ1) is 13.6. The Morgan fingerprint density at radius 1 is 1.11 bits per heavy atom. The molecule has 0 atom stereocenters. The average molecular weight is 394 g/mol. The SMILES string of the molecule is Cn1c(N/N=C\c2cccs2)nc2c1c(=O)n(Cc1ccccc1)c(=O)n2C. The Morgan fingerprint density at radius 2 is 1.89 bits per heavy atom. The molecule has 28 heavy (non-hydrogen) atoms. The van der Waals surface area contributed by atoms with Gasteiger partial charge in [-0.15, -0.1) is 11.3 Å². The maximum Gasteiger partial charge on any atom is 0.332 e. The van der Waals surface area contributed by atoms with Gasteiger partial charge in [-0.2, -0.15) is 10.1 Å². The first-order valence-corrected chi connectivity index (χ1v) is 9.47. The molecule has 0 bridgehead atoms. The van der Waals surface area contributed by atoms with Crippen LogP contribution in [-0.2, 0) is 20.6 Å². The molecule has 0 aliphatic heterocycles. The predicted octanol–water partition coefficient (Wildman–Crippen LogP) is 1.99. The van der Waals surface area contributed by atoms with E-state index >= 15 is 0 Å². The summed E-state index contributed by atoms with van der Waals surface area (Å²) in [5, 5.41) is 6.13. The molecule has 0 amide bonds. The van der Waals surface area contributed by atoms with E-state index in [9.17, 15) is 9.59 Å². The van der Waals surface area contributed by atoms with Crippen LogP contribution < -0.4 is 16.7 Å². The standard InChI is InChI=1S/C19H18N6O2S/c1-23-15-16(21-18(23)22-20-11-14-9-6-10-28-14)24(2)19(27)25(17(15)26)12-13-7-4-3-5-8-13/h3-11H,12H2,1-2H3,(H,21,22)/b20-11-. The van der Waals surface area contributed by atoms with Crippen molar-refractivity contribution in [1.82, 2.24) is 18.7 Å². The summed E-state index contributed by atoms with van der Waals surface area (Å²) >= 11 is 1.56. The van der Waals surface area contributed by atoms with Crippen LogP contribution in [-0.4, -0.2) is 24.9 Å². The van der Waals surface area contributed by atoms with Gasteiger partial charge < -0.3 is 4.57 Å². The summed E-state index contributed by atoms with van der Waals surface area (Å²) in [6, 6.07) is 13.3. The summed E-state index contributed by atoms with van der Waals surface area (Å²) < 4.78 is 4.22. The third kappa shape index (κ3) is 3.16. The molecule has 0 radical (unpaired) electrons. The number of imidazole rings is 1. The molecule has 0 aliphatic rings. The van der Waals surface area contributed by atoms with Crippen molar-refractivity contribution in [3.63, 3.8) is 0 Å². The highest BCUT2D eigenvalue weighted by atomic mass is 32.1. The quantitative estimate of drug-likeness (QED) is 0.414. The number of aromatic nitrogens is 4. The predicted molar refractivity (Wildman–Crippen MR) is 111 cm³/mol. The van der Waals surface area contributed by atoms with E-state index in [0.717, 1.165) is 10.4 Å². The van der Waals surface area contributed by atoms with E-state index in [-0.39, 0.29) is 12.1 Å². The van der Waals surface area contributed by atoms with Crippen LogP contribution in [0.15, 0.2) is 62.5 Å². The van der Waals surface area contributed by atoms with Crippen LogP contribution in [0.3, 0.4) is 0 Å². The zero-order valence-corrected chi connectivity index (χ0v) is 16.2. The van der Waals surface area contributed by atoms with Crippen molar-refractivity contribution in [3.05, 3.63) is 79.1 Å². The molecule has 9 heteroatoms. The third-order valence-corrected chi connectivity index (χ3v) is 5.25. The van der Waals surface area contributed by atoms with E-state index in [2.05, 4.69) is 15.5 Å². The summed E-state index contributed by atoms with van der Waals surface area (Å²) in [7, 11) is 3.33. The van der Waals surface area contributed by atoms with E-state index in [1.165, 1.54) is 9.13 Å². The fourth-order valence-electron chi connectivity index (χ4n) is 2.97. The monoisotopic (exact) mass is 394 g/mol. The van der Waals surface area contributed by atoms with E-state index in [1.54, 1.807) is 36.2 Å². The van der Waals surface area contributed by atoms with Crippen LogP contribution in [0.5, 0.6) is 0 Å². The van der Waals surface area contributed by atoms with Gasteiger partial charge in [-0.25, -0.2) is 10.2 Å². The second kappa shape index (κ2) is 7.28. The molecule has 3 heterocycles. The molecule has 1 N–H and O–H groups in total. The van der Waals surface area contributed by atoms with Crippen molar-refractivity contribution in [2.24, 2.45) is 19.2 Å². The molecule has 142 valence electrons. The average Bonchev–Trinajstić information content (AvgIpc) is 3.33. The molecule has 0 fully saturated rings. The van der Waals surface area contributed by atoms with Gasteiger partial charge >= 0.3 is 5.69 Å². The minimum absolute atomic E-state index is 0.201. The lowest BCUT2D eigenvalue weighted by Crippen LogP contribution is -2.39. The molecule has 4 rings (SSSR count). The highest BCUT2D eigenvalue weighted by Gasteiger charge is 2.18. The zero-order valence-electron chi connectivity index (χ0n) is 15.4. The van der Waals surface area contributed by atoms with Gasteiger partial charge in [-0.1, -0.05) is 36.4 Å². The number of aryl methyl sites for hydroxylation is 2. The van der Waals surface area contributed by atoms with Crippen LogP contribution in [0.1, 0.15) is 10.4 Å². The molecule has 4 aromatic rings. The molecule has 0 spiro atoms. The van der Waals surface area contributed by atoms with Crippen LogP contribution in [0.25, 0.3) is 11.2 Å². The number of nitrogens with one attached hydrogen (secondary N) is 1. The van der Waals surface area contributed by atoms with Gasteiger partial charge in [-0.05, 0) is 17.0 Å². The summed E-state index contributed by atoms with van der Waals surface area (Å²) in [4.78, 5) is 31.1. The summed E-state index contributed by atoms with van der Waals surface area (Å²) in [5.41, 5.74) is 3.59. The second-order valence-electron chi connectivity index (χ2n) is 6.27. The number of fused-ring (bicyclic) bond motifs is 1. The molecule has 1 aromatic carbocycles. The van der Waals surface area contributed by atoms with Gasteiger partial charge in [0.2, 0.25) is 5.95 Å². The molecule has 3 aromatic heterocycles. The van der Waals surface area contributed by atoms with Crippen molar-refractivity contribution in [2.45, 2.75) is 6.54 Å². The summed E-state index contributed by atoms with van der Waals surface area (Å²) in [5.74, 6) is 0.382. The molecular formula is C19H18N6O2S. The molecule has 0 saturated heterocycles. The lowest BCUT2D eigenvalue weighted by Gasteiger charge is -2.08. The molecule has 8 nitrogen and oxygen atoms in total. The molecular weight excluding hydrogens is 376 g/mol. The fraction of sp³-hybridized carbons (Fsp3) is 0.158. The number of benzene rings is 1. The Labute approximate surface area is 164 Å². The highest BCUT2D eigenvalue weighted by molar-refractivity contribution is 7.11. The maximum absolute atomic E-state index is 13.0. The smallest absolute Gasteiger partial charge is 0.306 e. The third-order valence-electron chi connectivity index (χ3n) is 4.44. The highest BCUT2D eigenvalue weighted by Crippen LogP contribution is 2.14. The lowest BCUT2D eigenvalue weighted by atomic mass is 10.2. The van der Waals surface area contributed by atoms with Gasteiger partial charge in [0.05, 0.1) is 12.8 Å². The number of hydrogen-bond acceptors (Lipinski definition) is 6. The minimum atomic E-state index is -0.409. The second-order valence-corrected chi connectivity index (χ2v) is 7.25. The number of hydrogen-bond donors (Lipinski definition) is 1. The lowest BCUT2D eigenvalue weighted by molar-refractivity contribution is 0.655. The van der Waals surface area contributed by atoms with Gasteiger partial charge in [0.25, 0.3) is 5.56 Å². The number of anilines is 1. The molecule has 0 saturated carbocycles. The Balaban J connectivity index is 1.77.